The van der Waals surface area contributed by atoms with Gasteiger partial charge in [0, 0.05) is 5.56 Å². The smallest absolute Gasteiger partial charge is 0.178 e. The Balaban J connectivity index is 2.23. The van der Waals surface area contributed by atoms with E-state index in [0.717, 1.165) is 35.5 Å². The summed E-state index contributed by atoms with van der Waals surface area (Å²) in [6.07, 6.45) is -0.432. The Labute approximate surface area is 119 Å². The molecule has 0 fully saturated rings. The van der Waals surface area contributed by atoms with Crippen LogP contribution in [0, 0.1) is 6.92 Å². The fourth-order valence-corrected chi connectivity index (χ4v) is 2.12. The van der Waals surface area contributed by atoms with Crippen LogP contribution in [0.2, 0.25) is 0 Å². The largest absolute Gasteiger partial charge is 0.494 e. The van der Waals surface area contributed by atoms with Crippen LogP contribution in [0.15, 0.2) is 42.5 Å². The van der Waals surface area contributed by atoms with Crippen molar-refractivity contribution in [2.45, 2.75) is 26.6 Å². The normalized spacial score (nSPS) is 10.8. The number of ether oxygens (including phenoxy) is 1. The van der Waals surface area contributed by atoms with Gasteiger partial charge in [-0.25, -0.2) is 0 Å². The average Bonchev–Trinajstić information content (AvgIpc) is 2.45. The third kappa shape index (κ3) is 3.38. The molecule has 20 heavy (non-hydrogen) atoms. The molecule has 0 aliphatic rings. The summed E-state index contributed by atoms with van der Waals surface area (Å²) in [6.45, 7) is 4.76. The van der Waals surface area contributed by atoms with Gasteiger partial charge >= 0.3 is 0 Å². The number of benzene rings is 2. The van der Waals surface area contributed by atoms with Crippen molar-refractivity contribution in [2.75, 3.05) is 6.61 Å². The van der Waals surface area contributed by atoms with E-state index in [2.05, 4.69) is 6.92 Å². The Morgan fingerprint density at radius 3 is 2.30 bits per heavy atom. The van der Waals surface area contributed by atoms with Gasteiger partial charge in [0.25, 0.3) is 0 Å². The Hall–Kier alpha value is -1.84. The number of rotatable bonds is 5. The van der Waals surface area contributed by atoms with E-state index < -0.39 is 6.29 Å². The molecule has 3 nitrogen and oxygen atoms in total. The Morgan fingerprint density at radius 2 is 1.75 bits per heavy atom. The zero-order valence-corrected chi connectivity index (χ0v) is 11.8. The van der Waals surface area contributed by atoms with Crippen molar-refractivity contribution in [3.63, 3.8) is 0 Å². The van der Waals surface area contributed by atoms with Gasteiger partial charge in [0.1, 0.15) is 5.75 Å². The topological polar surface area (TPSA) is 49.7 Å². The molecule has 0 aliphatic carbocycles. The lowest BCUT2D eigenvalue weighted by molar-refractivity contribution is -0.0425. The first-order valence-corrected chi connectivity index (χ1v) is 6.81. The van der Waals surface area contributed by atoms with Gasteiger partial charge in [-0.3, -0.25) is 0 Å². The minimum absolute atomic E-state index is 0.508. The van der Waals surface area contributed by atoms with Gasteiger partial charge in [-0.2, -0.15) is 0 Å². The first-order valence-electron chi connectivity index (χ1n) is 6.81. The quantitative estimate of drug-likeness (QED) is 0.820. The van der Waals surface area contributed by atoms with E-state index in [0.29, 0.717) is 5.56 Å². The van der Waals surface area contributed by atoms with Crippen molar-refractivity contribution < 1.29 is 14.9 Å². The summed E-state index contributed by atoms with van der Waals surface area (Å²) in [5, 5.41) is 18.3. The third-order valence-corrected chi connectivity index (χ3v) is 3.19. The van der Waals surface area contributed by atoms with Crippen molar-refractivity contribution in [3.05, 3.63) is 53.6 Å². The van der Waals surface area contributed by atoms with Crippen molar-refractivity contribution >= 4 is 0 Å². The number of hydrogen-bond acceptors (Lipinski definition) is 3. The fourth-order valence-electron chi connectivity index (χ4n) is 2.12. The first kappa shape index (κ1) is 14.6. The van der Waals surface area contributed by atoms with E-state index in [9.17, 15) is 0 Å². The molecule has 2 aromatic rings. The van der Waals surface area contributed by atoms with Crippen LogP contribution in [0.1, 0.15) is 30.8 Å². The summed E-state index contributed by atoms with van der Waals surface area (Å²) in [5.74, 6) is 0.871. The van der Waals surface area contributed by atoms with Gasteiger partial charge in [0.2, 0.25) is 0 Å². The molecule has 0 saturated heterocycles. The molecule has 2 rings (SSSR count). The predicted molar refractivity (Wildman–Crippen MR) is 79.6 cm³/mol. The second-order valence-corrected chi connectivity index (χ2v) is 4.82. The molecule has 0 bridgehead atoms. The SMILES string of the molecule is CCCOc1ccc(-c2ccc(C(O)O)cc2C)cc1. The van der Waals surface area contributed by atoms with E-state index in [1.54, 1.807) is 12.1 Å². The average molecular weight is 272 g/mol. The van der Waals surface area contributed by atoms with E-state index >= 15 is 0 Å². The van der Waals surface area contributed by atoms with Crippen LogP contribution in [0.4, 0.5) is 0 Å². The highest BCUT2D eigenvalue weighted by atomic mass is 16.5. The van der Waals surface area contributed by atoms with Gasteiger partial charge in [-0.05, 0) is 42.2 Å². The molecule has 0 amide bonds. The monoisotopic (exact) mass is 272 g/mol. The highest BCUT2D eigenvalue weighted by Gasteiger charge is 2.07. The van der Waals surface area contributed by atoms with Crippen LogP contribution in [0.25, 0.3) is 11.1 Å². The fraction of sp³-hybridized carbons (Fsp3) is 0.294. The molecular formula is C17H20O3. The number of hydrogen-bond donors (Lipinski definition) is 2. The molecule has 0 aliphatic heterocycles. The minimum Gasteiger partial charge on any atom is -0.494 e. The second kappa shape index (κ2) is 6.55. The van der Waals surface area contributed by atoms with Gasteiger partial charge < -0.3 is 14.9 Å². The van der Waals surface area contributed by atoms with E-state index in [-0.39, 0.29) is 0 Å². The zero-order chi connectivity index (χ0) is 14.5. The summed E-state index contributed by atoms with van der Waals surface area (Å²) in [7, 11) is 0. The van der Waals surface area contributed by atoms with Crippen LogP contribution >= 0.6 is 0 Å². The molecule has 0 radical (unpaired) electrons. The maximum Gasteiger partial charge on any atom is 0.178 e. The minimum atomic E-state index is -1.42. The molecular weight excluding hydrogens is 252 g/mol. The summed E-state index contributed by atoms with van der Waals surface area (Å²) < 4.78 is 5.56. The maximum atomic E-state index is 9.17. The van der Waals surface area contributed by atoms with Crippen molar-refractivity contribution in [1.29, 1.82) is 0 Å². The number of aryl methyl sites for hydroxylation is 1. The van der Waals surface area contributed by atoms with Crippen LogP contribution in [-0.2, 0) is 0 Å². The summed E-state index contributed by atoms with van der Waals surface area (Å²) in [5.41, 5.74) is 3.69. The second-order valence-electron chi connectivity index (χ2n) is 4.82. The first-order chi connectivity index (χ1) is 9.61. The predicted octanol–water partition coefficient (Wildman–Crippen LogP) is 3.43. The maximum absolute atomic E-state index is 9.17. The van der Waals surface area contributed by atoms with Gasteiger partial charge in [-0.1, -0.05) is 37.3 Å². The van der Waals surface area contributed by atoms with Crippen LogP contribution < -0.4 is 4.74 Å². The molecule has 3 heteroatoms. The Kier molecular flexibility index (Phi) is 4.77. The van der Waals surface area contributed by atoms with Crippen LogP contribution in [0.3, 0.4) is 0 Å². The zero-order valence-electron chi connectivity index (χ0n) is 11.8. The standard InChI is InChI=1S/C17H20O3/c1-3-10-20-15-7-4-13(5-8-15)16-9-6-14(17(18)19)11-12(16)2/h4-9,11,17-19H,3,10H2,1-2H3. The summed E-state index contributed by atoms with van der Waals surface area (Å²) in [6, 6.07) is 13.4. The Bertz CT molecular complexity index is 559. The Morgan fingerprint density at radius 1 is 1.05 bits per heavy atom. The molecule has 0 spiro atoms. The molecule has 2 N–H and O–H groups in total. The molecule has 0 heterocycles. The van der Waals surface area contributed by atoms with Crippen LogP contribution in [0.5, 0.6) is 5.75 Å². The summed E-state index contributed by atoms with van der Waals surface area (Å²) >= 11 is 0. The molecule has 0 aromatic heterocycles. The highest BCUT2D eigenvalue weighted by molar-refractivity contribution is 5.68. The van der Waals surface area contributed by atoms with Gasteiger partial charge in [0.05, 0.1) is 6.61 Å². The van der Waals surface area contributed by atoms with Gasteiger partial charge in [0.15, 0.2) is 6.29 Å². The van der Waals surface area contributed by atoms with Crippen LogP contribution in [-0.4, -0.2) is 16.8 Å². The molecule has 106 valence electrons. The van der Waals surface area contributed by atoms with Gasteiger partial charge in [-0.15, -0.1) is 0 Å². The molecule has 0 atom stereocenters. The van der Waals surface area contributed by atoms with Crippen molar-refractivity contribution in [2.24, 2.45) is 0 Å². The lowest BCUT2D eigenvalue weighted by Crippen LogP contribution is -1.96. The molecule has 0 saturated carbocycles. The molecule has 0 unspecified atom stereocenters. The molecule has 2 aromatic carbocycles. The van der Waals surface area contributed by atoms with Crippen molar-refractivity contribution in [1.82, 2.24) is 0 Å². The lowest BCUT2D eigenvalue weighted by atomic mass is 9.98. The lowest BCUT2D eigenvalue weighted by Gasteiger charge is -2.11. The summed E-state index contributed by atoms with van der Waals surface area (Å²) in [4.78, 5) is 0. The third-order valence-electron chi connectivity index (χ3n) is 3.19. The van der Waals surface area contributed by atoms with E-state index in [1.807, 2.05) is 37.3 Å². The number of aliphatic hydroxyl groups excluding tert-OH is 1. The number of aliphatic hydroxyl groups is 2. The highest BCUT2D eigenvalue weighted by Crippen LogP contribution is 2.27. The van der Waals surface area contributed by atoms with E-state index in [1.165, 1.54) is 0 Å². The van der Waals surface area contributed by atoms with E-state index in [4.69, 9.17) is 14.9 Å². The van der Waals surface area contributed by atoms with Crippen molar-refractivity contribution in [3.8, 4) is 16.9 Å².